The summed E-state index contributed by atoms with van der Waals surface area (Å²) in [7, 11) is 1.08. The van der Waals surface area contributed by atoms with Crippen molar-refractivity contribution in [2.75, 3.05) is 13.7 Å². The molecule has 14 nitrogen and oxygen atoms in total. The second kappa shape index (κ2) is 12.9. The number of ether oxygens (including phenoxy) is 5. The molecular formula is C19H26N4O10. The zero-order valence-corrected chi connectivity index (χ0v) is 18.8. The van der Waals surface area contributed by atoms with Crippen LogP contribution in [0, 0.1) is 0 Å². The van der Waals surface area contributed by atoms with Crippen LogP contribution in [-0.4, -0.2) is 73.9 Å². The number of esters is 4. The van der Waals surface area contributed by atoms with Crippen LogP contribution >= 0.6 is 0 Å². The van der Waals surface area contributed by atoms with Crippen LogP contribution in [0.3, 0.4) is 0 Å². The summed E-state index contributed by atoms with van der Waals surface area (Å²) in [6, 6.07) is -2.34. The average molecular weight is 470 g/mol. The van der Waals surface area contributed by atoms with Gasteiger partial charge in [-0.2, -0.15) is 0 Å². The fraction of sp³-hybridized carbons (Fsp3) is 0.632. The number of hydrogen-bond acceptors (Lipinski definition) is 11. The molecule has 0 bridgehead atoms. The minimum atomic E-state index is -1.50. The van der Waals surface area contributed by atoms with E-state index >= 15 is 0 Å². The molecule has 0 aromatic carbocycles. The predicted molar refractivity (Wildman–Crippen MR) is 108 cm³/mol. The van der Waals surface area contributed by atoms with Gasteiger partial charge in [0.05, 0.1) is 19.2 Å². The summed E-state index contributed by atoms with van der Waals surface area (Å²) in [5.41, 5.74) is 9.00. The first-order valence-electron chi connectivity index (χ1n) is 9.82. The highest BCUT2D eigenvalue weighted by Crippen LogP contribution is 2.28. The third-order valence-electron chi connectivity index (χ3n) is 4.29. The van der Waals surface area contributed by atoms with Crippen molar-refractivity contribution >= 4 is 29.8 Å². The second-order valence-corrected chi connectivity index (χ2v) is 6.77. The first-order valence-corrected chi connectivity index (χ1v) is 9.82. The van der Waals surface area contributed by atoms with E-state index in [1.807, 2.05) is 0 Å². The maximum atomic E-state index is 12.2. The Morgan fingerprint density at radius 1 is 1.15 bits per heavy atom. The van der Waals surface area contributed by atoms with Crippen LogP contribution < -0.4 is 5.32 Å². The number of azide groups is 1. The molecule has 0 aromatic heterocycles. The van der Waals surface area contributed by atoms with E-state index in [0.717, 1.165) is 34.0 Å². The number of hydrogen-bond donors (Lipinski definition) is 1. The molecule has 1 N–H and O–H groups in total. The van der Waals surface area contributed by atoms with Gasteiger partial charge >= 0.3 is 23.9 Å². The summed E-state index contributed by atoms with van der Waals surface area (Å²) in [6.07, 6.45) is -3.14. The lowest BCUT2D eigenvalue weighted by Gasteiger charge is -2.40. The normalized spacial score (nSPS) is 21.0. The third-order valence-corrected chi connectivity index (χ3v) is 4.29. The van der Waals surface area contributed by atoms with Crippen molar-refractivity contribution in [1.29, 1.82) is 0 Å². The predicted octanol–water partition coefficient (Wildman–Crippen LogP) is 0.442. The Morgan fingerprint density at radius 2 is 1.79 bits per heavy atom. The molecule has 1 rings (SSSR count). The molecule has 14 heteroatoms. The number of carbonyl (C=O) groups is 5. The van der Waals surface area contributed by atoms with Gasteiger partial charge in [-0.1, -0.05) is 12.0 Å². The number of amides is 1. The van der Waals surface area contributed by atoms with Crippen molar-refractivity contribution in [2.45, 2.75) is 64.5 Å². The van der Waals surface area contributed by atoms with E-state index in [1.165, 1.54) is 0 Å². The van der Waals surface area contributed by atoms with Gasteiger partial charge in [-0.15, -0.1) is 0 Å². The Labute approximate surface area is 189 Å². The Kier molecular flexibility index (Phi) is 10.7. The summed E-state index contributed by atoms with van der Waals surface area (Å²) >= 11 is 0. The molecule has 1 aliphatic rings. The van der Waals surface area contributed by atoms with Crippen molar-refractivity contribution in [2.24, 2.45) is 5.11 Å². The van der Waals surface area contributed by atoms with Crippen molar-refractivity contribution in [3.8, 4) is 0 Å². The number of rotatable bonds is 10. The van der Waals surface area contributed by atoms with Crippen LogP contribution in [0.5, 0.6) is 0 Å². The van der Waals surface area contributed by atoms with Gasteiger partial charge in [0.1, 0.15) is 6.61 Å². The zero-order chi connectivity index (χ0) is 25.1. The molecule has 0 aliphatic carbocycles. The largest absolute Gasteiger partial charge is 0.477 e. The van der Waals surface area contributed by atoms with Crippen LogP contribution in [0.15, 0.2) is 16.9 Å². The Bertz CT molecular complexity index is 852. The zero-order valence-electron chi connectivity index (χ0n) is 18.8. The molecular weight excluding hydrogens is 444 g/mol. The number of nitrogens with one attached hydrogen (secondary N) is 1. The van der Waals surface area contributed by atoms with E-state index < -0.39 is 72.5 Å². The molecule has 1 aliphatic heterocycles. The molecule has 0 aromatic rings. The van der Waals surface area contributed by atoms with Crippen LogP contribution in [-0.2, 0) is 47.7 Å². The van der Waals surface area contributed by atoms with E-state index in [1.54, 1.807) is 6.92 Å². The summed E-state index contributed by atoms with van der Waals surface area (Å²) in [5, 5.41) is 6.19. The van der Waals surface area contributed by atoms with Crippen LogP contribution in [0.4, 0.5) is 0 Å². The number of methoxy groups -OCH3 is 1. The lowest BCUT2D eigenvalue weighted by Crippen LogP contribution is -2.61. The lowest BCUT2D eigenvalue weighted by molar-refractivity contribution is -0.188. The van der Waals surface area contributed by atoms with E-state index in [-0.39, 0.29) is 6.42 Å². The van der Waals surface area contributed by atoms with Gasteiger partial charge in [-0.05, 0) is 11.6 Å². The van der Waals surface area contributed by atoms with Gasteiger partial charge in [0.15, 0.2) is 18.3 Å². The number of nitrogens with zero attached hydrogens (tertiary/aromatic N) is 3. The van der Waals surface area contributed by atoms with Crippen molar-refractivity contribution < 1.29 is 47.7 Å². The highest BCUT2D eigenvalue weighted by molar-refractivity contribution is 5.86. The van der Waals surface area contributed by atoms with Gasteiger partial charge in [-0.3, -0.25) is 19.2 Å². The fourth-order valence-electron chi connectivity index (χ4n) is 2.98. The van der Waals surface area contributed by atoms with Crippen molar-refractivity contribution in [1.82, 2.24) is 5.32 Å². The molecule has 1 amide bonds. The molecule has 182 valence electrons. The Morgan fingerprint density at radius 3 is 2.27 bits per heavy atom. The summed E-state index contributed by atoms with van der Waals surface area (Å²) in [4.78, 5) is 62.0. The minimum absolute atomic E-state index is 0.0405. The molecule has 0 saturated carbocycles. The molecule has 1 heterocycles. The lowest BCUT2D eigenvalue weighted by atomic mass is 9.92. The summed E-state index contributed by atoms with van der Waals surface area (Å²) in [6.45, 7) is 4.28. The van der Waals surface area contributed by atoms with Crippen LogP contribution in [0.1, 0.15) is 34.1 Å². The first kappa shape index (κ1) is 27.2. The summed E-state index contributed by atoms with van der Waals surface area (Å²) in [5.74, 6) is -4.16. The highest BCUT2D eigenvalue weighted by atomic mass is 16.6. The highest BCUT2D eigenvalue weighted by Gasteiger charge is 2.47. The SMILES string of the molecule is CCC(=O)N[C@H]1[C@H]([C@H](OC(C)=O)[C@@H](COC(C)=O)OC(C)=O)OC(C(=O)OC)=C[C@@H]1N=[N+]=[N-]. The van der Waals surface area contributed by atoms with Crippen LogP contribution in [0.2, 0.25) is 0 Å². The fourth-order valence-corrected chi connectivity index (χ4v) is 2.98. The van der Waals surface area contributed by atoms with Gasteiger partial charge < -0.3 is 29.0 Å². The van der Waals surface area contributed by atoms with E-state index in [9.17, 15) is 24.0 Å². The van der Waals surface area contributed by atoms with Crippen molar-refractivity contribution in [3.05, 3.63) is 22.3 Å². The molecule has 0 radical (unpaired) electrons. The van der Waals surface area contributed by atoms with Gasteiger partial charge in [0, 0.05) is 32.1 Å². The van der Waals surface area contributed by atoms with Gasteiger partial charge in [0.25, 0.3) is 0 Å². The van der Waals surface area contributed by atoms with E-state index in [2.05, 4.69) is 20.1 Å². The van der Waals surface area contributed by atoms with Crippen LogP contribution in [0.25, 0.3) is 10.4 Å². The topological polar surface area (TPSA) is 192 Å². The second-order valence-electron chi connectivity index (χ2n) is 6.77. The third kappa shape index (κ3) is 8.33. The molecule has 33 heavy (non-hydrogen) atoms. The van der Waals surface area contributed by atoms with E-state index in [0.29, 0.717) is 0 Å². The molecule has 5 atom stereocenters. The molecule has 0 fully saturated rings. The smallest absolute Gasteiger partial charge is 0.372 e. The van der Waals surface area contributed by atoms with E-state index in [4.69, 9.17) is 24.5 Å². The molecule has 0 saturated heterocycles. The number of carbonyl (C=O) groups excluding carboxylic acids is 5. The first-order chi connectivity index (χ1) is 15.5. The molecule has 0 unspecified atom stereocenters. The van der Waals surface area contributed by atoms with Gasteiger partial charge in [-0.25, -0.2) is 4.79 Å². The quantitative estimate of drug-likeness (QED) is 0.154. The minimum Gasteiger partial charge on any atom is -0.477 e. The maximum absolute atomic E-state index is 12.2. The average Bonchev–Trinajstić information content (AvgIpc) is 2.75. The Balaban J connectivity index is 3.60. The van der Waals surface area contributed by atoms with Gasteiger partial charge in [0.2, 0.25) is 11.7 Å². The standard InChI is InChI=1S/C19H26N4O10/c1-6-15(27)21-16-12(22-23-20)7-13(19(28)29-5)33-18(16)17(32-11(4)26)14(31-10(3)25)8-30-9(2)24/h7,12,14,16-18H,6,8H2,1-5H3,(H,21,27)/t12-,14+,16+,17+,18+/m0/s1. The monoisotopic (exact) mass is 470 g/mol. The van der Waals surface area contributed by atoms with Crippen molar-refractivity contribution in [3.63, 3.8) is 0 Å². The molecule has 0 spiro atoms. The Hall–Kier alpha value is -3.80. The maximum Gasteiger partial charge on any atom is 0.372 e. The summed E-state index contributed by atoms with van der Waals surface area (Å²) < 4.78 is 25.8.